The van der Waals surface area contributed by atoms with Gasteiger partial charge in [0.25, 0.3) is 10.0 Å². The standard InChI is InChI=1S/C12H15N5O2S/c1-2-7-15-11-4-3-8-16-12(11)20(18,19)17(9-5-13)10-6-14/h3-4,8,15H,2,7,9-10H2,1H3. The van der Waals surface area contributed by atoms with Gasteiger partial charge in [0.05, 0.1) is 17.8 Å². The summed E-state index contributed by atoms with van der Waals surface area (Å²) in [5, 5.41) is 20.2. The van der Waals surface area contributed by atoms with Crippen molar-refractivity contribution in [1.82, 2.24) is 9.29 Å². The number of sulfonamides is 1. The molecule has 0 aliphatic heterocycles. The van der Waals surface area contributed by atoms with Crippen LogP contribution in [-0.2, 0) is 10.0 Å². The fourth-order valence-electron chi connectivity index (χ4n) is 1.50. The Kier molecular flexibility index (Phi) is 5.91. The van der Waals surface area contributed by atoms with E-state index in [-0.39, 0.29) is 18.1 Å². The Hall–Kier alpha value is -2.16. The number of anilines is 1. The van der Waals surface area contributed by atoms with Gasteiger partial charge in [-0.15, -0.1) is 0 Å². The van der Waals surface area contributed by atoms with Crippen LogP contribution < -0.4 is 5.32 Å². The van der Waals surface area contributed by atoms with Crippen LogP contribution in [0, 0.1) is 22.7 Å². The molecule has 7 nitrogen and oxygen atoms in total. The average Bonchev–Trinajstić information content (AvgIpc) is 2.45. The summed E-state index contributed by atoms with van der Waals surface area (Å²) in [5.41, 5.74) is 0.371. The highest BCUT2D eigenvalue weighted by molar-refractivity contribution is 7.89. The van der Waals surface area contributed by atoms with Crippen LogP contribution in [0.1, 0.15) is 13.3 Å². The highest BCUT2D eigenvalue weighted by Gasteiger charge is 2.28. The first-order chi connectivity index (χ1) is 9.57. The lowest BCUT2D eigenvalue weighted by Crippen LogP contribution is -2.33. The fraction of sp³-hybridized carbons (Fsp3) is 0.417. The molecule has 1 aromatic rings. The summed E-state index contributed by atoms with van der Waals surface area (Å²) in [6, 6.07) is 6.70. The zero-order chi connectivity index (χ0) is 15.0. The van der Waals surface area contributed by atoms with Crippen molar-refractivity contribution >= 4 is 15.7 Å². The molecule has 0 aliphatic carbocycles. The van der Waals surface area contributed by atoms with E-state index in [0.29, 0.717) is 12.2 Å². The van der Waals surface area contributed by atoms with E-state index in [1.165, 1.54) is 6.20 Å². The molecule has 0 aliphatic rings. The van der Waals surface area contributed by atoms with Crippen LogP contribution in [0.2, 0.25) is 0 Å². The van der Waals surface area contributed by atoms with Gasteiger partial charge in [-0.2, -0.15) is 14.8 Å². The molecule has 1 aromatic heterocycles. The first kappa shape index (κ1) is 15.9. The second-order valence-electron chi connectivity index (χ2n) is 3.87. The van der Waals surface area contributed by atoms with Crippen molar-refractivity contribution in [3.63, 3.8) is 0 Å². The fourth-order valence-corrected chi connectivity index (χ4v) is 2.81. The van der Waals surface area contributed by atoms with Crippen LogP contribution in [-0.4, -0.2) is 37.3 Å². The molecule has 0 unspecified atom stereocenters. The van der Waals surface area contributed by atoms with E-state index in [4.69, 9.17) is 10.5 Å². The Labute approximate surface area is 118 Å². The van der Waals surface area contributed by atoms with Gasteiger partial charge in [0, 0.05) is 12.7 Å². The molecule has 1 rings (SSSR count). The highest BCUT2D eigenvalue weighted by atomic mass is 32.2. The smallest absolute Gasteiger partial charge is 0.264 e. The van der Waals surface area contributed by atoms with Crippen LogP contribution in [0.3, 0.4) is 0 Å². The summed E-state index contributed by atoms with van der Waals surface area (Å²) in [4.78, 5) is 3.88. The van der Waals surface area contributed by atoms with Crippen molar-refractivity contribution in [3.05, 3.63) is 18.3 Å². The van der Waals surface area contributed by atoms with E-state index in [9.17, 15) is 8.42 Å². The van der Waals surface area contributed by atoms with Crippen molar-refractivity contribution in [3.8, 4) is 12.1 Å². The van der Waals surface area contributed by atoms with E-state index in [0.717, 1.165) is 10.7 Å². The van der Waals surface area contributed by atoms with Gasteiger partial charge >= 0.3 is 0 Å². The molecule has 0 saturated carbocycles. The molecule has 20 heavy (non-hydrogen) atoms. The number of hydrogen-bond acceptors (Lipinski definition) is 6. The number of pyridine rings is 1. The minimum atomic E-state index is -3.97. The van der Waals surface area contributed by atoms with E-state index in [2.05, 4.69) is 10.3 Å². The summed E-state index contributed by atoms with van der Waals surface area (Å²) in [6.45, 7) is 1.78. The quantitative estimate of drug-likeness (QED) is 0.749. The Morgan fingerprint density at radius 1 is 1.35 bits per heavy atom. The monoisotopic (exact) mass is 293 g/mol. The number of aromatic nitrogens is 1. The number of rotatable bonds is 7. The molecule has 106 valence electrons. The van der Waals surface area contributed by atoms with Gasteiger partial charge in [-0.05, 0) is 18.6 Å². The topological polar surface area (TPSA) is 110 Å². The van der Waals surface area contributed by atoms with Gasteiger partial charge in [0.15, 0.2) is 5.03 Å². The van der Waals surface area contributed by atoms with E-state index >= 15 is 0 Å². The predicted octanol–water partition coefficient (Wildman–Crippen LogP) is 0.941. The van der Waals surface area contributed by atoms with Gasteiger partial charge in [-0.1, -0.05) is 6.92 Å². The van der Waals surface area contributed by atoms with Crippen molar-refractivity contribution in [2.75, 3.05) is 25.0 Å². The minimum absolute atomic E-state index is 0.168. The van der Waals surface area contributed by atoms with Crippen LogP contribution in [0.25, 0.3) is 0 Å². The Balaban J connectivity index is 3.20. The lowest BCUT2D eigenvalue weighted by atomic mass is 10.4. The van der Waals surface area contributed by atoms with Crippen molar-refractivity contribution in [1.29, 1.82) is 10.5 Å². The van der Waals surface area contributed by atoms with Gasteiger partial charge in [-0.25, -0.2) is 13.4 Å². The molecule has 0 atom stereocenters. The van der Waals surface area contributed by atoms with Gasteiger partial charge < -0.3 is 5.32 Å². The SMILES string of the molecule is CCCNc1cccnc1S(=O)(=O)N(CC#N)CC#N. The average molecular weight is 293 g/mol. The highest BCUT2D eigenvalue weighted by Crippen LogP contribution is 2.21. The summed E-state index contributed by atoms with van der Waals surface area (Å²) >= 11 is 0. The lowest BCUT2D eigenvalue weighted by molar-refractivity contribution is 0.476. The van der Waals surface area contributed by atoms with Crippen molar-refractivity contribution < 1.29 is 8.42 Å². The summed E-state index contributed by atoms with van der Waals surface area (Å²) in [5.74, 6) is 0. The molecule has 1 N–H and O–H groups in total. The number of nitriles is 2. The van der Waals surface area contributed by atoms with E-state index < -0.39 is 10.0 Å². The number of nitrogens with one attached hydrogen (secondary N) is 1. The molecule has 0 aromatic carbocycles. The largest absolute Gasteiger partial charge is 0.383 e. The lowest BCUT2D eigenvalue weighted by Gasteiger charge is -2.17. The minimum Gasteiger partial charge on any atom is -0.383 e. The maximum Gasteiger partial charge on any atom is 0.264 e. The first-order valence-electron chi connectivity index (χ1n) is 6.00. The van der Waals surface area contributed by atoms with Gasteiger partial charge in [-0.3, -0.25) is 0 Å². The van der Waals surface area contributed by atoms with Crippen molar-refractivity contribution in [2.45, 2.75) is 18.4 Å². The summed E-state index contributed by atoms with van der Waals surface area (Å²) < 4.78 is 25.6. The number of hydrogen-bond donors (Lipinski definition) is 1. The summed E-state index contributed by atoms with van der Waals surface area (Å²) in [7, 11) is -3.97. The molecule has 0 spiro atoms. The molecule has 0 fully saturated rings. The van der Waals surface area contributed by atoms with Crippen LogP contribution in [0.15, 0.2) is 23.4 Å². The second-order valence-corrected chi connectivity index (χ2v) is 5.73. The molecule has 8 heteroatoms. The second kappa shape index (κ2) is 7.43. The zero-order valence-electron chi connectivity index (χ0n) is 11.1. The number of nitrogens with zero attached hydrogens (tertiary/aromatic N) is 4. The van der Waals surface area contributed by atoms with Crippen LogP contribution >= 0.6 is 0 Å². The molecule has 0 amide bonds. The summed E-state index contributed by atoms with van der Waals surface area (Å²) in [6.07, 6.45) is 2.19. The Bertz CT molecular complexity index is 614. The molecule has 1 heterocycles. The third-order valence-electron chi connectivity index (χ3n) is 2.41. The maximum atomic E-state index is 12.4. The molecule has 0 bridgehead atoms. The predicted molar refractivity (Wildman–Crippen MR) is 73.0 cm³/mol. The van der Waals surface area contributed by atoms with E-state index in [1.807, 2.05) is 6.92 Å². The van der Waals surface area contributed by atoms with Crippen molar-refractivity contribution in [2.24, 2.45) is 0 Å². The Morgan fingerprint density at radius 3 is 2.55 bits per heavy atom. The Morgan fingerprint density at radius 2 is 2.00 bits per heavy atom. The third-order valence-corrected chi connectivity index (χ3v) is 4.17. The molecule has 0 saturated heterocycles. The van der Waals surface area contributed by atoms with Gasteiger partial charge in [0.1, 0.15) is 13.1 Å². The first-order valence-corrected chi connectivity index (χ1v) is 7.44. The van der Waals surface area contributed by atoms with Crippen LogP contribution in [0.5, 0.6) is 0 Å². The van der Waals surface area contributed by atoms with Crippen LogP contribution in [0.4, 0.5) is 5.69 Å². The van der Waals surface area contributed by atoms with Gasteiger partial charge in [0.2, 0.25) is 0 Å². The normalized spacial score (nSPS) is 10.8. The third kappa shape index (κ3) is 3.67. The van der Waals surface area contributed by atoms with E-state index in [1.54, 1.807) is 24.3 Å². The molecular weight excluding hydrogens is 278 g/mol. The zero-order valence-corrected chi connectivity index (χ0v) is 11.9. The maximum absolute atomic E-state index is 12.4. The molecule has 0 radical (unpaired) electrons. The molecular formula is C12H15N5O2S.